The number of β-amino-alcohol motifs (C(OH)–C–C–N with tert-alkyl or cyclic N) is 1. The molecule has 8 heteroatoms. The molecule has 23 heavy (non-hydrogen) atoms. The van der Waals surface area contributed by atoms with Crippen LogP contribution in [-0.4, -0.2) is 69.8 Å². The number of ether oxygens (including phenoxy) is 2. The van der Waals surface area contributed by atoms with Crippen LogP contribution < -0.4 is 0 Å². The Kier molecular flexibility index (Phi) is 6.12. The summed E-state index contributed by atoms with van der Waals surface area (Å²) in [5.41, 5.74) is 0. The van der Waals surface area contributed by atoms with Crippen LogP contribution in [0.4, 0.5) is 0 Å². The van der Waals surface area contributed by atoms with Gasteiger partial charge in [0.25, 0.3) is 0 Å². The first-order valence-corrected chi connectivity index (χ1v) is 8.62. The van der Waals surface area contributed by atoms with Gasteiger partial charge in [-0.1, -0.05) is 6.07 Å². The molecule has 1 aliphatic heterocycles. The van der Waals surface area contributed by atoms with E-state index in [1.165, 1.54) is 11.2 Å². The highest BCUT2D eigenvalue weighted by Crippen LogP contribution is 2.11. The van der Waals surface area contributed by atoms with Crippen LogP contribution in [0.1, 0.15) is 4.88 Å². The van der Waals surface area contributed by atoms with E-state index in [9.17, 15) is 5.11 Å². The second-order valence-electron chi connectivity index (χ2n) is 5.62. The highest BCUT2D eigenvalue weighted by Gasteiger charge is 2.22. The summed E-state index contributed by atoms with van der Waals surface area (Å²) in [6, 6.07) is 4.04. The summed E-state index contributed by atoms with van der Waals surface area (Å²) in [5, 5.41) is 16.3. The summed E-state index contributed by atoms with van der Waals surface area (Å²) in [5.74, 6) is 0. The van der Waals surface area contributed by atoms with E-state index in [0.29, 0.717) is 32.9 Å². The van der Waals surface area contributed by atoms with Gasteiger partial charge in [-0.05, 0) is 11.4 Å². The monoisotopic (exact) mass is 338 g/mol. The van der Waals surface area contributed by atoms with Gasteiger partial charge in [-0.25, -0.2) is 4.98 Å². The van der Waals surface area contributed by atoms with Gasteiger partial charge in [0, 0.05) is 24.5 Å². The summed E-state index contributed by atoms with van der Waals surface area (Å²) >= 11 is 1.67. The third-order valence-corrected chi connectivity index (χ3v) is 4.53. The van der Waals surface area contributed by atoms with Gasteiger partial charge in [-0.2, -0.15) is 5.10 Å². The Bertz CT molecular complexity index is 549. The van der Waals surface area contributed by atoms with Crippen molar-refractivity contribution in [2.24, 2.45) is 0 Å². The highest BCUT2D eigenvalue weighted by atomic mass is 32.1. The van der Waals surface area contributed by atoms with Gasteiger partial charge in [0.2, 0.25) is 0 Å². The van der Waals surface area contributed by atoms with Crippen LogP contribution in [0.2, 0.25) is 0 Å². The third kappa shape index (κ3) is 5.36. The summed E-state index contributed by atoms with van der Waals surface area (Å²) in [4.78, 5) is 7.33. The molecule has 1 saturated heterocycles. The van der Waals surface area contributed by atoms with Crippen LogP contribution in [0.25, 0.3) is 0 Å². The van der Waals surface area contributed by atoms with Crippen LogP contribution in [-0.2, 0) is 22.6 Å². The molecule has 0 spiro atoms. The molecule has 0 saturated carbocycles. The van der Waals surface area contributed by atoms with Crippen LogP contribution >= 0.6 is 11.3 Å². The van der Waals surface area contributed by atoms with Crippen LogP contribution in [0.15, 0.2) is 30.2 Å². The normalized spacial score (nSPS) is 20.7. The molecule has 0 radical (unpaired) electrons. The van der Waals surface area contributed by atoms with Gasteiger partial charge in [-0.3, -0.25) is 9.58 Å². The Balaban J connectivity index is 1.36. The van der Waals surface area contributed by atoms with Crippen molar-refractivity contribution in [3.8, 4) is 0 Å². The summed E-state index contributed by atoms with van der Waals surface area (Å²) < 4.78 is 13.1. The number of aliphatic hydroxyl groups excluding tert-OH is 1. The lowest BCUT2D eigenvalue weighted by Gasteiger charge is -2.33. The average molecular weight is 338 g/mol. The first kappa shape index (κ1) is 16.5. The Morgan fingerprint density at radius 1 is 1.52 bits per heavy atom. The van der Waals surface area contributed by atoms with Crippen molar-refractivity contribution in [3.05, 3.63) is 35.0 Å². The minimum Gasteiger partial charge on any atom is -0.389 e. The summed E-state index contributed by atoms with van der Waals surface area (Å²) in [6.45, 7) is 4.47. The van der Waals surface area contributed by atoms with Crippen molar-refractivity contribution < 1.29 is 14.6 Å². The first-order valence-electron chi connectivity index (χ1n) is 7.74. The number of aliphatic hydroxyl groups is 1. The topological polar surface area (TPSA) is 72.6 Å². The maximum Gasteiger partial charge on any atom is 0.137 e. The molecular formula is C15H22N4O3S. The predicted octanol–water partition coefficient (Wildman–Crippen LogP) is 0.618. The Hall–Kier alpha value is -1.32. The second kappa shape index (κ2) is 8.51. The van der Waals surface area contributed by atoms with E-state index in [1.54, 1.807) is 22.3 Å². The van der Waals surface area contributed by atoms with Gasteiger partial charge in [0.05, 0.1) is 38.6 Å². The Morgan fingerprint density at radius 3 is 3.26 bits per heavy atom. The smallest absolute Gasteiger partial charge is 0.137 e. The second-order valence-corrected chi connectivity index (χ2v) is 6.65. The number of hydrogen-bond donors (Lipinski definition) is 1. The van der Waals surface area contributed by atoms with Gasteiger partial charge in [0.15, 0.2) is 0 Å². The molecular weight excluding hydrogens is 316 g/mol. The lowest BCUT2D eigenvalue weighted by Crippen LogP contribution is -2.47. The molecule has 1 fully saturated rings. The molecule has 0 unspecified atom stereocenters. The fourth-order valence-electron chi connectivity index (χ4n) is 2.63. The van der Waals surface area contributed by atoms with Gasteiger partial charge in [-0.15, -0.1) is 11.3 Å². The molecule has 0 aromatic carbocycles. The lowest BCUT2D eigenvalue weighted by atomic mass is 10.2. The van der Waals surface area contributed by atoms with E-state index < -0.39 is 6.10 Å². The molecule has 3 heterocycles. The maximum absolute atomic E-state index is 10.1. The molecule has 3 rings (SSSR count). The minimum absolute atomic E-state index is 0.0738. The van der Waals surface area contributed by atoms with E-state index in [-0.39, 0.29) is 6.10 Å². The van der Waals surface area contributed by atoms with E-state index in [4.69, 9.17) is 9.47 Å². The van der Waals surface area contributed by atoms with Crippen LogP contribution in [0.5, 0.6) is 0 Å². The van der Waals surface area contributed by atoms with Crippen molar-refractivity contribution >= 4 is 11.3 Å². The number of morpholine rings is 1. The Morgan fingerprint density at radius 2 is 2.48 bits per heavy atom. The van der Waals surface area contributed by atoms with Gasteiger partial charge in [0.1, 0.15) is 12.7 Å². The predicted molar refractivity (Wildman–Crippen MR) is 86.2 cm³/mol. The molecule has 126 valence electrons. The van der Waals surface area contributed by atoms with Crippen LogP contribution in [0, 0.1) is 0 Å². The number of nitrogens with zero attached hydrogens (tertiary/aromatic N) is 4. The van der Waals surface area contributed by atoms with Crippen molar-refractivity contribution in [3.63, 3.8) is 0 Å². The largest absolute Gasteiger partial charge is 0.389 e. The van der Waals surface area contributed by atoms with Crippen molar-refractivity contribution in [2.45, 2.75) is 25.4 Å². The van der Waals surface area contributed by atoms with Gasteiger partial charge < -0.3 is 14.6 Å². The van der Waals surface area contributed by atoms with Crippen molar-refractivity contribution in [1.82, 2.24) is 19.7 Å². The van der Waals surface area contributed by atoms with E-state index >= 15 is 0 Å². The van der Waals surface area contributed by atoms with E-state index in [0.717, 1.165) is 13.1 Å². The average Bonchev–Trinajstić information content (AvgIpc) is 3.21. The Labute approximate surface area is 139 Å². The fourth-order valence-corrected chi connectivity index (χ4v) is 3.27. The van der Waals surface area contributed by atoms with Crippen molar-refractivity contribution in [1.29, 1.82) is 0 Å². The molecule has 0 amide bonds. The lowest BCUT2D eigenvalue weighted by molar-refractivity contribution is -0.0582. The maximum atomic E-state index is 10.1. The van der Waals surface area contributed by atoms with E-state index in [1.807, 2.05) is 17.5 Å². The SMILES string of the molecule is O[C@@H](COCc1cccs1)CN1CCO[C@@H](Cn2cncn2)C1. The zero-order valence-corrected chi connectivity index (χ0v) is 13.8. The highest BCUT2D eigenvalue weighted by molar-refractivity contribution is 7.09. The van der Waals surface area contributed by atoms with Crippen LogP contribution in [0.3, 0.4) is 0 Å². The molecule has 0 aliphatic carbocycles. The zero-order chi connectivity index (χ0) is 15.9. The number of rotatable bonds is 8. The number of thiophene rings is 1. The quantitative estimate of drug-likeness (QED) is 0.761. The van der Waals surface area contributed by atoms with E-state index in [2.05, 4.69) is 15.0 Å². The fraction of sp³-hybridized carbons (Fsp3) is 0.600. The third-order valence-electron chi connectivity index (χ3n) is 3.68. The molecule has 0 bridgehead atoms. The van der Waals surface area contributed by atoms with Gasteiger partial charge >= 0.3 is 0 Å². The molecule has 1 aliphatic rings. The molecule has 1 N–H and O–H groups in total. The first-order chi connectivity index (χ1) is 11.3. The number of hydrogen-bond acceptors (Lipinski definition) is 7. The minimum atomic E-state index is -0.486. The molecule has 2 atom stereocenters. The zero-order valence-electron chi connectivity index (χ0n) is 13.0. The summed E-state index contributed by atoms with van der Waals surface area (Å²) in [7, 11) is 0. The molecule has 2 aromatic heterocycles. The molecule has 2 aromatic rings. The standard InChI is InChI=1S/C15H22N4O3S/c20-13(9-21-10-15-2-1-5-23-15)6-18-3-4-22-14(7-18)8-19-12-16-11-17-19/h1-2,5,11-14,20H,3-4,6-10H2/t13-,14-/m1/s1. The molecule has 7 nitrogen and oxygen atoms in total. The number of aromatic nitrogens is 3. The summed E-state index contributed by atoms with van der Waals surface area (Å²) in [6.07, 6.45) is 2.80. The van der Waals surface area contributed by atoms with Crippen molar-refractivity contribution in [2.75, 3.05) is 32.8 Å².